The van der Waals surface area contributed by atoms with Crippen LogP contribution in [-0.2, 0) is 111 Å². The van der Waals surface area contributed by atoms with Crippen molar-refractivity contribution in [3.05, 3.63) is 0 Å². The third kappa shape index (κ3) is 128. The van der Waals surface area contributed by atoms with Gasteiger partial charge in [0.25, 0.3) is 0 Å². The molecule has 9 heavy (non-hydrogen) atoms. The second-order valence-electron chi connectivity index (χ2n) is 0. The van der Waals surface area contributed by atoms with Gasteiger partial charge in [0.05, 0.1) is 0 Å². The Bertz CT molecular complexity index is 11.0. The summed E-state index contributed by atoms with van der Waals surface area (Å²) in [6.07, 6.45) is 0. The molecule has 0 aromatic carbocycles. The van der Waals surface area contributed by atoms with E-state index < -0.39 is 0 Å². The average Bonchev–Trinajstić information content (AvgIpc) is 0. The summed E-state index contributed by atoms with van der Waals surface area (Å²) >= 11 is 0. The van der Waals surface area contributed by atoms with Gasteiger partial charge in [0.15, 0.2) is 0 Å². The molecule has 0 amide bonds. The Kier molecular flexibility index (Phi) is 3810. The van der Waals surface area contributed by atoms with Crippen LogP contribution in [0.4, 0.5) is 0 Å². The molecule has 0 N–H and O–H groups in total. The van der Waals surface area contributed by atoms with E-state index in [-0.39, 0.29) is 111 Å². The Morgan fingerprint density at radius 3 is 0.333 bits per heavy atom. The third-order valence-electron chi connectivity index (χ3n) is 0. The fourth-order valence-electron chi connectivity index (χ4n) is 0. The first-order valence-electron chi connectivity index (χ1n) is 0. The van der Waals surface area contributed by atoms with Crippen molar-refractivity contribution < 1.29 is 111 Å². The molecular weight excluding hydrogens is 457 g/mol. The van der Waals surface area contributed by atoms with Crippen molar-refractivity contribution in [3.63, 3.8) is 0 Å². The Labute approximate surface area is 110 Å². The number of hydrogen-bond acceptors (Lipinski definition) is 0. The summed E-state index contributed by atoms with van der Waals surface area (Å²) < 4.78 is 0. The summed E-state index contributed by atoms with van der Waals surface area (Å²) in [5.74, 6) is 0. The fraction of sp³-hybridized carbons (Fsp3) is 0. The van der Waals surface area contributed by atoms with Crippen LogP contribution in [0.5, 0.6) is 0 Å². The van der Waals surface area contributed by atoms with Gasteiger partial charge in [0, 0.05) is 0 Å². The van der Waals surface area contributed by atoms with Crippen molar-refractivity contribution in [2.24, 2.45) is 0 Å². The van der Waals surface area contributed by atoms with Gasteiger partial charge < -0.3 is 32.9 Å². The zero-order chi connectivity index (χ0) is 0. The van der Waals surface area contributed by atoms with Gasteiger partial charge in [-0.1, -0.05) is 0 Å². The molecule has 0 rings (SSSR count). The summed E-state index contributed by atoms with van der Waals surface area (Å²) in [5, 5.41) is 0. The van der Waals surface area contributed by atoms with E-state index in [1.165, 1.54) is 0 Å². The Morgan fingerprint density at radius 1 is 0.333 bits per heavy atom. The van der Waals surface area contributed by atoms with E-state index in [4.69, 9.17) is 0 Å². The largest absolute Gasteiger partial charge is 4.00 e. The van der Waals surface area contributed by atoms with Crippen LogP contribution in [0, 0.1) is 0 Å². The summed E-state index contributed by atoms with van der Waals surface area (Å²) in [6, 6.07) is 0. The second kappa shape index (κ2) is 160. The molecule has 0 unspecified atom stereocenters. The van der Waals surface area contributed by atoms with E-state index in [2.05, 4.69) is 0 Å². The predicted octanol–water partition coefficient (Wildman–Crippen LogP) is -0.720. The first-order chi connectivity index (χ1) is 0. The van der Waals surface area contributed by atoms with E-state index in [9.17, 15) is 0 Å². The summed E-state index contributed by atoms with van der Waals surface area (Å²) in [7, 11) is 0. The SMILES string of the molecule is [Hf+4].[O-2].[O-2].[O-2].[O-2].[O-2].[O-2].[Zr+4].[Zr+4]. The van der Waals surface area contributed by atoms with Crippen molar-refractivity contribution in [3.8, 4) is 0 Å². The minimum atomic E-state index is 0. The molecule has 0 radical (unpaired) electrons. The van der Waals surface area contributed by atoms with E-state index in [1.54, 1.807) is 0 Å². The molecule has 0 bridgehead atoms. The molecular formula is HfO6Zr2. The van der Waals surface area contributed by atoms with Gasteiger partial charge in [-0.15, -0.1) is 0 Å². The van der Waals surface area contributed by atoms with Crippen molar-refractivity contribution in [2.45, 2.75) is 0 Å². The molecule has 6 nitrogen and oxygen atoms in total. The van der Waals surface area contributed by atoms with Crippen LogP contribution < -0.4 is 0 Å². The molecule has 0 aliphatic carbocycles. The molecule has 0 aromatic rings. The molecule has 0 heterocycles. The van der Waals surface area contributed by atoms with Crippen molar-refractivity contribution in [2.75, 3.05) is 0 Å². The van der Waals surface area contributed by atoms with Crippen LogP contribution in [0.15, 0.2) is 0 Å². The fourth-order valence-corrected chi connectivity index (χ4v) is 0. The zero-order valence-corrected chi connectivity index (χ0v) is 12.5. The molecule has 0 aromatic heterocycles. The van der Waals surface area contributed by atoms with Gasteiger partial charge in [-0.05, 0) is 0 Å². The summed E-state index contributed by atoms with van der Waals surface area (Å²) in [6.45, 7) is 0. The van der Waals surface area contributed by atoms with Crippen LogP contribution in [0.3, 0.4) is 0 Å². The van der Waals surface area contributed by atoms with Crippen molar-refractivity contribution in [1.82, 2.24) is 0 Å². The van der Waals surface area contributed by atoms with Crippen LogP contribution >= 0.6 is 0 Å². The zero-order valence-electron chi connectivity index (χ0n) is 3.95. The predicted molar refractivity (Wildman–Crippen MR) is 4.12 cm³/mol. The Hall–Kier alpha value is 2.40. The molecule has 0 aliphatic heterocycles. The van der Waals surface area contributed by atoms with E-state index in [0.717, 1.165) is 0 Å². The van der Waals surface area contributed by atoms with Crippen molar-refractivity contribution in [1.29, 1.82) is 0 Å². The van der Waals surface area contributed by atoms with E-state index in [0.29, 0.717) is 0 Å². The Morgan fingerprint density at radius 2 is 0.333 bits per heavy atom. The minimum Gasteiger partial charge on any atom is -2.00 e. The second-order valence-corrected chi connectivity index (χ2v) is 0. The molecule has 48 valence electrons. The molecule has 0 saturated carbocycles. The number of hydrogen-bond donors (Lipinski definition) is 0. The van der Waals surface area contributed by atoms with E-state index in [1.807, 2.05) is 0 Å². The van der Waals surface area contributed by atoms with Crippen LogP contribution in [-0.4, -0.2) is 0 Å². The minimum absolute atomic E-state index is 0. The number of rotatable bonds is 0. The van der Waals surface area contributed by atoms with Crippen LogP contribution in [0.2, 0.25) is 0 Å². The monoisotopic (exact) mass is 456 g/mol. The molecule has 0 saturated heterocycles. The standard InChI is InChI=1S/Hf.6O.2Zr/q+4;6*-2;2*+4. The maximum absolute atomic E-state index is 0. The molecule has 0 fully saturated rings. The first-order valence-corrected chi connectivity index (χ1v) is 0. The van der Waals surface area contributed by atoms with E-state index >= 15 is 0 Å². The molecule has 9 heteroatoms. The van der Waals surface area contributed by atoms with Crippen molar-refractivity contribution >= 4 is 0 Å². The van der Waals surface area contributed by atoms with Crippen LogP contribution in [0.1, 0.15) is 0 Å². The topological polar surface area (TPSA) is 171 Å². The van der Waals surface area contributed by atoms with Crippen LogP contribution in [0.25, 0.3) is 0 Å². The van der Waals surface area contributed by atoms with Gasteiger partial charge in [0.2, 0.25) is 0 Å². The van der Waals surface area contributed by atoms with Gasteiger partial charge in [-0.2, -0.15) is 0 Å². The smallest absolute Gasteiger partial charge is 2.00 e. The van der Waals surface area contributed by atoms with Gasteiger partial charge in [-0.3, -0.25) is 0 Å². The average molecular weight is 457 g/mol. The molecule has 0 atom stereocenters. The third-order valence-corrected chi connectivity index (χ3v) is 0. The first kappa shape index (κ1) is 214. The molecule has 0 aliphatic rings. The maximum atomic E-state index is 0. The van der Waals surface area contributed by atoms with Gasteiger partial charge in [0.1, 0.15) is 0 Å². The molecule has 0 spiro atoms. The summed E-state index contributed by atoms with van der Waals surface area (Å²) in [4.78, 5) is 0. The normalized spacial score (nSPS) is 0. The van der Waals surface area contributed by atoms with Gasteiger partial charge in [-0.25, -0.2) is 0 Å². The maximum Gasteiger partial charge on any atom is 4.00 e. The quantitative estimate of drug-likeness (QED) is 0.419. The Balaban J connectivity index is 0. The summed E-state index contributed by atoms with van der Waals surface area (Å²) in [5.41, 5.74) is 0. The van der Waals surface area contributed by atoms with Gasteiger partial charge >= 0.3 is 78.3 Å².